The van der Waals surface area contributed by atoms with Crippen molar-refractivity contribution >= 4 is 45.5 Å². The molecule has 3 aromatic carbocycles. The minimum Gasteiger partial charge on any atom is -0.488 e. The number of rotatable bonds is 6. The molecular weight excluding hydrogens is 492 g/mol. The Bertz CT molecular complexity index is 1230. The zero-order valence-corrected chi connectivity index (χ0v) is 19.6. The highest BCUT2D eigenvalue weighted by molar-refractivity contribution is 9.10. The van der Waals surface area contributed by atoms with Crippen molar-refractivity contribution in [2.24, 2.45) is 0 Å². The molecule has 1 saturated heterocycles. The molecule has 0 atom stereocenters. The lowest BCUT2D eigenvalue weighted by atomic mass is 10.1. The van der Waals surface area contributed by atoms with Crippen LogP contribution in [0.3, 0.4) is 0 Å². The minimum atomic E-state index is -0.429. The first kappa shape index (κ1) is 22.1. The van der Waals surface area contributed by atoms with E-state index in [2.05, 4.69) is 21.2 Å². The van der Waals surface area contributed by atoms with Crippen LogP contribution in [0.4, 0.5) is 4.79 Å². The summed E-state index contributed by atoms with van der Waals surface area (Å²) in [4.78, 5) is 26.3. The van der Waals surface area contributed by atoms with E-state index in [0.717, 1.165) is 26.7 Å². The molecule has 1 aliphatic rings. The van der Waals surface area contributed by atoms with E-state index in [4.69, 9.17) is 16.3 Å². The Balaban J connectivity index is 1.46. The van der Waals surface area contributed by atoms with Crippen LogP contribution < -0.4 is 10.1 Å². The third-order valence-electron chi connectivity index (χ3n) is 4.99. The van der Waals surface area contributed by atoms with Crippen molar-refractivity contribution in [2.45, 2.75) is 20.1 Å². The van der Waals surface area contributed by atoms with Crippen molar-refractivity contribution in [3.8, 4) is 5.75 Å². The number of nitrogens with zero attached hydrogens (tertiary/aromatic N) is 1. The maximum Gasteiger partial charge on any atom is 0.329 e. The SMILES string of the molecule is Cc1cccc(CN2C(=O)N/C(=C/c3ccc(OCc4ccccc4Cl)c(Br)c3)C2=O)c1. The molecule has 3 amide bonds. The standard InChI is InChI=1S/C25H20BrClN2O3/c1-16-5-4-6-18(11-16)14-29-24(30)22(28-25(29)31)13-17-9-10-23(20(26)12-17)32-15-19-7-2-3-8-21(19)27/h2-13H,14-15H2,1H3,(H,28,31)/b22-13+. The van der Waals surface area contributed by atoms with E-state index < -0.39 is 6.03 Å². The van der Waals surface area contributed by atoms with Gasteiger partial charge in [-0.05, 0) is 58.3 Å². The van der Waals surface area contributed by atoms with Gasteiger partial charge >= 0.3 is 6.03 Å². The van der Waals surface area contributed by atoms with Crippen molar-refractivity contribution in [2.75, 3.05) is 0 Å². The van der Waals surface area contributed by atoms with Crippen molar-refractivity contribution in [3.63, 3.8) is 0 Å². The summed E-state index contributed by atoms with van der Waals surface area (Å²) in [5.74, 6) is 0.293. The first-order chi connectivity index (χ1) is 15.4. The zero-order chi connectivity index (χ0) is 22.7. The molecule has 4 rings (SSSR count). The molecular formula is C25H20BrClN2O3. The molecule has 1 fully saturated rings. The van der Waals surface area contributed by atoms with Crippen LogP contribution in [0.1, 0.15) is 22.3 Å². The fraction of sp³-hybridized carbons (Fsp3) is 0.120. The Morgan fingerprint density at radius 2 is 1.88 bits per heavy atom. The summed E-state index contributed by atoms with van der Waals surface area (Å²) in [6, 6.07) is 20.3. The van der Waals surface area contributed by atoms with Gasteiger partial charge in [0.2, 0.25) is 0 Å². The summed E-state index contributed by atoms with van der Waals surface area (Å²) in [6.45, 7) is 2.53. The van der Waals surface area contributed by atoms with Gasteiger partial charge in [0.15, 0.2) is 0 Å². The van der Waals surface area contributed by atoms with Crippen molar-refractivity contribution < 1.29 is 14.3 Å². The molecule has 3 aromatic rings. The van der Waals surface area contributed by atoms with E-state index in [1.165, 1.54) is 4.90 Å². The van der Waals surface area contributed by atoms with Gasteiger partial charge in [-0.3, -0.25) is 9.69 Å². The first-order valence-corrected chi connectivity index (χ1v) is 11.1. The second-order valence-electron chi connectivity index (χ2n) is 7.44. The lowest BCUT2D eigenvalue weighted by Gasteiger charge is -2.12. The smallest absolute Gasteiger partial charge is 0.329 e. The van der Waals surface area contributed by atoms with Crippen molar-refractivity contribution in [1.82, 2.24) is 10.2 Å². The van der Waals surface area contributed by atoms with E-state index in [1.54, 1.807) is 12.1 Å². The Labute approximate surface area is 199 Å². The molecule has 1 N–H and O–H groups in total. The fourth-order valence-electron chi connectivity index (χ4n) is 3.37. The molecule has 0 aliphatic carbocycles. The number of carbonyl (C=O) groups excluding carboxylic acids is 2. The number of hydrogen-bond acceptors (Lipinski definition) is 3. The summed E-state index contributed by atoms with van der Waals surface area (Å²) in [5, 5.41) is 3.31. The topological polar surface area (TPSA) is 58.6 Å². The van der Waals surface area contributed by atoms with Gasteiger partial charge in [-0.25, -0.2) is 4.79 Å². The molecule has 1 heterocycles. The zero-order valence-electron chi connectivity index (χ0n) is 17.3. The van der Waals surface area contributed by atoms with Gasteiger partial charge in [0.25, 0.3) is 5.91 Å². The fourth-order valence-corrected chi connectivity index (χ4v) is 4.07. The number of hydrogen-bond donors (Lipinski definition) is 1. The monoisotopic (exact) mass is 510 g/mol. The van der Waals surface area contributed by atoms with E-state index in [-0.39, 0.29) is 18.1 Å². The third kappa shape index (κ3) is 5.03. The van der Waals surface area contributed by atoms with Gasteiger partial charge in [-0.1, -0.05) is 65.7 Å². The number of urea groups is 1. The van der Waals surface area contributed by atoms with E-state index >= 15 is 0 Å². The van der Waals surface area contributed by atoms with Crippen LogP contribution in [-0.2, 0) is 17.9 Å². The first-order valence-electron chi connectivity index (χ1n) is 9.96. The molecule has 32 heavy (non-hydrogen) atoms. The molecule has 5 nitrogen and oxygen atoms in total. The van der Waals surface area contributed by atoms with Crippen LogP contribution in [0.2, 0.25) is 5.02 Å². The third-order valence-corrected chi connectivity index (χ3v) is 5.98. The maximum absolute atomic E-state index is 12.8. The predicted molar refractivity (Wildman–Crippen MR) is 128 cm³/mol. The Morgan fingerprint density at radius 3 is 2.62 bits per heavy atom. The molecule has 0 radical (unpaired) electrons. The summed E-state index contributed by atoms with van der Waals surface area (Å²) in [7, 11) is 0. The van der Waals surface area contributed by atoms with Gasteiger partial charge in [0.05, 0.1) is 11.0 Å². The highest BCUT2D eigenvalue weighted by atomic mass is 79.9. The molecule has 162 valence electrons. The van der Waals surface area contributed by atoms with Crippen molar-refractivity contribution in [1.29, 1.82) is 0 Å². The number of ether oxygens (including phenoxy) is 1. The Kier molecular flexibility index (Phi) is 6.63. The largest absolute Gasteiger partial charge is 0.488 e. The Hall–Kier alpha value is -3.09. The number of benzene rings is 3. The maximum atomic E-state index is 12.8. The number of nitrogens with one attached hydrogen (secondary N) is 1. The summed E-state index contributed by atoms with van der Waals surface area (Å²) in [5.41, 5.74) is 3.85. The van der Waals surface area contributed by atoms with Gasteiger partial charge in [-0.15, -0.1) is 0 Å². The summed E-state index contributed by atoms with van der Waals surface area (Å²) >= 11 is 9.69. The Morgan fingerprint density at radius 1 is 1.06 bits per heavy atom. The second kappa shape index (κ2) is 9.59. The van der Waals surface area contributed by atoms with E-state index in [1.807, 2.05) is 67.6 Å². The average molecular weight is 512 g/mol. The van der Waals surface area contributed by atoms with Crippen molar-refractivity contribution in [3.05, 3.63) is 104 Å². The number of amides is 3. The van der Waals surface area contributed by atoms with E-state index in [9.17, 15) is 9.59 Å². The highest BCUT2D eigenvalue weighted by Gasteiger charge is 2.33. The summed E-state index contributed by atoms with van der Waals surface area (Å²) < 4.78 is 6.59. The number of imide groups is 1. The highest BCUT2D eigenvalue weighted by Crippen LogP contribution is 2.29. The number of aryl methyl sites for hydroxylation is 1. The van der Waals surface area contributed by atoms with Gasteiger partial charge in [0.1, 0.15) is 18.1 Å². The lowest BCUT2D eigenvalue weighted by Crippen LogP contribution is -2.30. The van der Waals surface area contributed by atoms with Crippen LogP contribution in [0.5, 0.6) is 5.75 Å². The number of carbonyl (C=O) groups is 2. The molecule has 0 spiro atoms. The summed E-state index contributed by atoms with van der Waals surface area (Å²) in [6.07, 6.45) is 1.65. The van der Waals surface area contributed by atoms with Crippen LogP contribution in [0.25, 0.3) is 6.08 Å². The van der Waals surface area contributed by atoms with Crippen LogP contribution >= 0.6 is 27.5 Å². The van der Waals surface area contributed by atoms with Crippen LogP contribution in [-0.4, -0.2) is 16.8 Å². The van der Waals surface area contributed by atoms with Crippen LogP contribution in [0, 0.1) is 6.92 Å². The molecule has 1 aliphatic heterocycles. The molecule has 0 saturated carbocycles. The van der Waals surface area contributed by atoms with Gasteiger partial charge in [0, 0.05) is 10.6 Å². The quantitative estimate of drug-likeness (QED) is 0.322. The normalized spacial score (nSPS) is 14.7. The minimum absolute atomic E-state index is 0.224. The molecule has 0 aromatic heterocycles. The molecule has 7 heteroatoms. The molecule has 0 unspecified atom stereocenters. The predicted octanol–water partition coefficient (Wildman–Crippen LogP) is 6.08. The average Bonchev–Trinajstić information content (AvgIpc) is 3.01. The van der Waals surface area contributed by atoms with Gasteiger partial charge < -0.3 is 10.1 Å². The second-order valence-corrected chi connectivity index (χ2v) is 8.70. The lowest BCUT2D eigenvalue weighted by molar-refractivity contribution is -0.123. The van der Waals surface area contributed by atoms with Gasteiger partial charge in [-0.2, -0.15) is 0 Å². The molecule has 0 bridgehead atoms. The van der Waals surface area contributed by atoms with E-state index in [0.29, 0.717) is 17.4 Å². The van der Waals surface area contributed by atoms with Crippen LogP contribution in [0.15, 0.2) is 76.9 Å². The number of halogens is 2.